The van der Waals surface area contributed by atoms with Crippen molar-refractivity contribution >= 4 is 28.0 Å². The zero-order chi connectivity index (χ0) is 26.9. The average molecular weight is 536 g/mol. The molecule has 0 spiro atoms. The summed E-state index contributed by atoms with van der Waals surface area (Å²) in [4.78, 5) is 17.0. The van der Waals surface area contributed by atoms with E-state index in [4.69, 9.17) is 9.47 Å². The Kier molecular flexibility index (Phi) is 8.27. The maximum absolute atomic E-state index is 15.6. The van der Waals surface area contributed by atoms with Crippen LogP contribution < -0.4 is 4.74 Å². The number of hydrogen-bond acceptors (Lipinski definition) is 6. The van der Waals surface area contributed by atoms with Crippen LogP contribution in [0.2, 0.25) is 0 Å². The van der Waals surface area contributed by atoms with E-state index >= 15 is 4.39 Å². The number of rotatable bonds is 10. The Balaban J connectivity index is 1.78. The fourth-order valence-electron chi connectivity index (χ4n) is 5.02. The minimum Gasteiger partial charge on any atom is -0.771 e. The first-order valence-electron chi connectivity index (χ1n) is 11.9. The molecule has 4 atom stereocenters. The molecule has 1 aliphatic heterocycles. The summed E-state index contributed by atoms with van der Waals surface area (Å²) >= 11 is -2.33. The number of fused-ring (bicyclic) bond motifs is 3. The van der Waals surface area contributed by atoms with Gasteiger partial charge in [-0.3, -0.25) is 13.9 Å². The molecule has 8 nitrogen and oxygen atoms in total. The lowest BCUT2D eigenvalue weighted by molar-refractivity contribution is -0.142. The van der Waals surface area contributed by atoms with Crippen molar-refractivity contribution < 1.29 is 36.9 Å². The Morgan fingerprint density at radius 1 is 1.30 bits per heavy atom. The predicted octanol–water partition coefficient (Wildman–Crippen LogP) is 4.04. The van der Waals surface area contributed by atoms with Gasteiger partial charge in [-0.25, -0.2) is 8.78 Å². The van der Waals surface area contributed by atoms with Gasteiger partial charge >= 0.3 is 5.97 Å². The van der Waals surface area contributed by atoms with Gasteiger partial charge < -0.3 is 24.1 Å². The first-order valence-corrected chi connectivity index (χ1v) is 13.2. The summed E-state index contributed by atoms with van der Waals surface area (Å²) in [6, 6.07) is 6.43. The van der Waals surface area contributed by atoms with Crippen molar-refractivity contribution in [2.75, 3.05) is 25.7 Å². The van der Waals surface area contributed by atoms with Crippen molar-refractivity contribution in [2.45, 2.75) is 39.3 Å². The quantitative estimate of drug-likeness (QED) is 0.297. The van der Waals surface area contributed by atoms with Gasteiger partial charge in [0, 0.05) is 34.7 Å². The Morgan fingerprint density at radius 3 is 2.76 bits per heavy atom. The molecular weight excluding hydrogens is 506 g/mol. The lowest BCUT2D eigenvalue weighted by Crippen LogP contribution is -2.46. The Hall–Kier alpha value is -2.86. The molecule has 0 radical (unpaired) electrons. The summed E-state index contributed by atoms with van der Waals surface area (Å²) in [5.74, 6) is -2.57. The summed E-state index contributed by atoms with van der Waals surface area (Å²) < 4.78 is 61.8. The number of ether oxygens (including phenoxy) is 2. The molecule has 0 saturated carbocycles. The molecule has 2 aromatic carbocycles. The summed E-state index contributed by atoms with van der Waals surface area (Å²) in [5.41, 5.74) is 3.13. The topological polar surface area (TPSA) is 115 Å². The van der Waals surface area contributed by atoms with Crippen LogP contribution in [0.1, 0.15) is 42.3 Å². The van der Waals surface area contributed by atoms with Crippen LogP contribution in [0, 0.1) is 24.5 Å². The van der Waals surface area contributed by atoms with Crippen LogP contribution in [0.4, 0.5) is 8.78 Å². The average Bonchev–Trinajstić information content (AvgIpc) is 3.18. The van der Waals surface area contributed by atoms with Gasteiger partial charge in [0.25, 0.3) is 0 Å². The van der Waals surface area contributed by atoms with Crippen molar-refractivity contribution in [3.05, 3.63) is 64.4 Å². The number of aliphatic carboxylic acids is 1. The number of nitrogens with one attached hydrogen (secondary N) is 1. The van der Waals surface area contributed by atoms with E-state index in [-0.39, 0.29) is 31.6 Å². The molecule has 2 N–H and O–H groups in total. The zero-order valence-electron chi connectivity index (χ0n) is 20.8. The molecule has 4 rings (SSSR count). The highest BCUT2D eigenvalue weighted by atomic mass is 32.2. The van der Waals surface area contributed by atoms with Gasteiger partial charge in [-0.1, -0.05) is 6.92 Å². The number of carbonyl (C=O) groups is 1. The van der Waals surface area contributed by atoms with Gasteiger partial charge in [-0.05, 0) is 72.8 Å². The summed E-state index contributed by atoms with van der Waals surface area (Å²) in [6.45, 7) is 5.55. The van der Waals surface area contributed by atoms with Gasteiger partial charge in [0.1, 0.15) is 29.9 Å². The lowest BCUT2D eigenvalue weighted by atomic mass is 9.85. The van der Waals surface area contributed by atoms with E-state index in [1.165, 1.54) is 24.3 Å². The number of aromatic amines is 1. The maximum atomic E-state index is 15.6. The number of hydrogen-bond donors (Lipinski definition) is 2. The van der Waals surface area contributed by atoms with Gasteiger partial charge in [-0.2, -0.15) is 0 Å². The molecular formula is C26H29F2N2O6S-. The van der Waals surface area contributed by atoms with Gasteiger partial charge in [0.15, 0.2) is 0 Å². The lowest BCUT2D eigenvalue weighted by Gasteiger charge is -2.42. The molecule has 0 amide bonds. The van der Waals surface area contributed by atoms with Crippen molar-refractivity contribution in [2.24, 2.45) is 5.92 Å². The molecule has 1 aliphatic rings. The van der Waals surface area contributed by atoms with E-state index in [9.17, 15) is 23.1 Å². The second-order valence-corrected chi connectivity index (χ2v) is 10.2. The fourth-order valence-corrected chi connectivity index (χ4v) is 5.28. The van der Waals surface area contributed by atoms with E-state index in [2.05, 4.69) is 4.98 Å². The van der Waals surface area contributed by atoms with Gasteiger partial charge in [-0.15, -0.1) is 0 Å². The summed E-state index contributed by atoms with van der Waals surface area (Å²) in [7, 11) is 0. The monoisotopic (exact) mass is 535 g/mol. The van der Waals surface area contributed by atoms with Crippen molar-refractivity contribution in [3.63, 3.8) is 0 Å². The third-order valence-corrected chi connectivity index (χ3v) is 7.19. The Bertz CT molecular complexity index is 1330. The van der Waals surface area contributed by atoms with E-state index in [0.29, 0.717) is 29.0 Å². The molecule has 0 saturated heterocycles. The highest BCUT2D eigenvalue weighted by Gasteiger charge is 2.39. The van der Waals surface area contributed by atoms with Crippen LogP contribution in [0.15, 0.2) is 30.3 Å². The summed E-state index contributed by atoms with van der Waals surface area (Å²) in [6.07, 6.45) is 0.539. The fraction of sp³-hybridized carbons (Fsp3) is 0.423. The molecule has 1 unspecified atom stereocenters. The largest absolute Gasteiger partial charge is 0.771 e. The minimum absolute atomic E-state index is 0.0283. The third-order valence-electron chi connectivity index (χ3n) is 6.83. The zero-order valence-corrected chi connectivity index (χ0v) is 21.6. The number of nitrogens with zero attached hydrogens (tertiary/aromatic N) is 1. The van der Waals surface area contributed by atoms with Crippen molar-refractivity contribution in [3.8, 4) is 5.75 Å². The van der Waals surface area contributed by atoms with Crippen LogP contribution >= 0.6 is 0 Å². The molecule has 0 aliphatic carbocycles. The van der Waals surface area contributed by atoms with Gasteiger partial charge in [0.05, 0.1) is 18.6 Å². The molecule has 200 valence electrons. The number of H-pyrrole nitrogens is 1. The van der Waals surface area contributed by atoms with Crippen molar-refractivity contribution in [1.29, 1.82) is 0 Å². The summed E-state index contributed by atoms with van der Waals surface area (Å²) in [5, 5.41) is 10.3. The second-order valence-electron chi connectivity index (χ2n) is 9.36. The SMILES string of the molecule is Cc1c(OCCOCS(=O)[O-])ccc(F)c1[C@@H]1c2[nH]c3ccc(F)cc3c2C[C@@H](C)N1C[C@@H](C)C(=O)O. The van der Waals surface area contributed by atoms with E-state index in [0.717, 1.165) is 16.5 Å². The van der Waals surface area contributed by atoms with Crippen LogP contribution in [0.3, 0.4) is 0 Å². The van der Waals surface area contributed by atoms with E-state index in [1.54, 1.807) is 19.9 Å². The molecule has 1 aromatic heterocycles. The second kappa shape index (κ2) is 11.3. The number of halogens is 2. The van der Waals surface area contributed by atoms with E-state index < -0.39 is 40.8 Å². The highest BCUT2D eigenvalue weighted by molar-refractivity contribution is 7.78. The molecule has 2 heterocycles. The maximum Gasteiger partial charge on any atom is 0.307 e. The number of benzene rings is 2. The number of carboxylic acids is 1. The van der Waals surface area contributed by atoms with Crippen LogP contribution in [0.25, 0.3) is 10.9 Å². The standard InChI is InChI=1S/C26H30F2N2O6S/c1-14(26(31)32)12-30-15(2)10-19-18-11-17(27)4-6-21(18)29-24(19)25(30)23-16(3)22(7-5-20(23)28)36-9-8-35-13-37(33)34/h4-7,11,14-15,25,29H,8-10,12-13H2,1-3H3,(H,31,32)(H,33,34)/p-1/t14-,15-,25-/m1/s1. The Morgan fingerprint density at radius 2 is 2.05 bits per heavy atom. The third kappa shape index (κ3) is 5.69. The van der Waals surface area contributed by atoms with Crippen molar-refractivity contribution in [1.82, 2.24) is 9.88 Å². The normalized spacial score (nSPS) is 19.5. The van der Waals surface area contributed by atoms with E-state index in [1.807, 2.05) is 11.8 Å². The van der Waals surface area contributed by atoms with Gasteiger partial charge in [0.2, 0.25) is 0 Å². The predicted molar refractivity (Wildman–Crippen MR) is 133 cm³/mol. The highest BCUT2D eigenvalue weighted by Crippen LogP contribution is 2.44. The smallest absolute Gasteiger partial charge is 0.307 e. The Labute approximate surface area is 215 Å². The minimum atomic E-state index is -2.33. The first kappa shape index (κ1) is 27.2. The molecule has 3 aromatic rings. The molecule has 0 bridgehead atoms. The molecule has 0 fully saturated rings. The molecule has 11 heteroatoms. The van der Waals surface area contributed by atoms with Crippen LogP contribution in [-0.2, 0) is 27.0 Å². The molecule has 37 heavy (non-hydrogen) atoms. The van der Waals surface area contributed by atoms with Crippen LogP contribution in [0.5, 0.6) is 5.75 Å². The van der Waals surface area contributed by atoms with Crippen LogP contribution in [-0.4, -0.2) is 61.5 Å². The number of aromatic nitrogens is 1. The first-order chi connectivity index (χ1) is 17.6. The number of carboxylic acid groups (broad SMARTS) is 1.